The first-order valence-corrected chi connectivity index (χ1v) is 9.99. The Morgan fingerprint density at radius 3 is 2.58 bits per heavy atom. The quantitative estimate of drug-likeness (QED) is 0.544. The van der Waals surface area contributed by atoms with E-state index in [1.165, 1.54) is 0 Å². The second kappa shape index (κ2) is 7.69. The Bertz CT molecular complexity index is 1350. The molecule has 1 N–H and O–H groups in total. The normalized spacial score (nSPS) is 11.1. The Morgan fingerprint density at radius 2 is 1.94 bits per heavy atom. The van der Waals surface area contributed by atoms with Crippen molar-refractivity contribution in [2.24, 2.45) is 7.05 Å². The molecule has 0 unspecified atom stereocenters. The molecule has 3 heterocycles. The number of nitrogens with one attached hydrogen (secondary N) is 1. The van der Waals surface area contributed by atoms with Crippen molar-refractivity contribution in [3.05, 3.63) is 64.9 Å². The van der Waals surface area contributed by atoms with Gasteiger partial charge < -0.3 is 5.32 Å². The lowest BCUT2D eigenvalue weighted by Gasteiger charge is -2.15. The van der Waals surface area contributed by atoms with Crippen LogP contribution in [-0.4, -0.2) is 30.5 Å². The minimum Gasteiger partial charge on any atom is -0.321 e. The van der Waals surface area contributed by atoms with Crippen LogP contribution in [0.2, 0.25) is 0 Å². The second-order valence-electron chi connectivity index (χ2n) is 7.89. The number of nitriles is 1. The summed E-state index contributed by atoms with van der Waals surface area (Å²) < 4.78 is 3.49. The van der Waals surface area contributed by atoms with Crippen molar-refractivity contribution in [1.29, 1.82) is 5.26 Å². The Kier molecular flexibility index (Phi) is 5.03. The maximum Gasteiger partial charge on any atom is 0.274 e. The van der Waals surface area contributed by atoms with Gasteiger partial charge >= 0.3 is 0 Å². The smallest absolute Gasteiger partial charge is 0.274 e. The first kappa shape index (κ1) is 20.3. The third-order valence-electron chi connectivity index (χ3n) is 5.42. The molecular formula is C23H23N7O. The predicted octanol–water partition coefficient (Wildman–Crippen LogP) is 4.02. The average molecular weight is 413 g/mol. The second-order valence-corrected chi connectivity index (χ2v) is 7.89. The van der Waals surface area contributed by atoms with Crippen molar-refractivity contribution < 1.29 is 4.79 Å². The lowest BCUT2D eigenvalue weighted by atomic mass is 9.95. The molecule has 1 amide bonds. The number of anilines is 1. The van der Waals surface area contributed by atoms with Crippen molar-refractivity contribution in [2.75, 3.05) is 5.32 Å². The number of hydrogen-bond donors (Lipinski definition) is 1. The van der Waals surface area contributed by atoms with Crippen molar-refractivity contribution >= 4 is 22.5 Å². The van der Waals surface area contributed by atoms with Crippen LogP contribution < -0.4 is 5.32 Å². The number of amides is 1. The summed E-state index contributed by atoms with van der Waals surface area (Å²) in [4.78, 5) is 17.7. The topological polar surface area (TPSA) is 101 Å². The highest BCUT2D eigenvalue weighted by Gasteiger charge is 2.21. The molecule has 1 aromatic carbocycles. The van der Waals surface area contributed by atoms with E-state index in [4.69, 9.17) is 0 Å². The number of nitrogens with zero attached hydrogens (tertiary/aromatic N) is 6. The number of aryl methyl sites for hydroxylation is 1. The number of pyridine rings is 1. The summed E-state index contributed by atoms with van der Waals surface area (Å²) in [5.74, 6) is -0.274. The van der Waals surface area contributed by atoms with Crippen molar-refractivity contribution in [3.63, 3.8) is 0 Å². The van der Waals surface area contributed by atoms with Crippen LogP contribution in [0.4, 0.5) is 5.69 Å². The Labute approximate surface area is 180 Å². The molecule has 4 rings (SSSR count). The third kappa shape index (κ3) is 3.55. The first-order chi connectivity index (χ1) is 14.8. The molecular weight excluding hydrogens is 390 g/mol. The van der Waals surface area contributed by atoms with Gasteiger partial charge in [0.1, 0.15) is 17.5 Å². The number of carbonyl (C=O) groups excluding carboxylic acids is 1. The lowest BCUT2D eigenvalue weighted by Crippen LogP contribution is -2.18. The maximum atomic E-state index is 13.1. The summed E-state index contributed by atoms with van der Waals surface area (Å²) in [6.45, 7) is 7.61. The van der Waals surface area contributed by atoms with Gasteiger partial charge in [-0.15, -0.1) is 0 Å². The number of rotatable bonds is 4. The van der Waals surface area contributed by atoms with E-state index >= 15 is 0 Å². The van der Waals surface area contributed by atoms with E-state index in [0.29, 0.717) is 28.2 Å². The van der Waals surface area contributed by atoms with Crippen LogP contribution in [0.3, 0.4) is 0 Å². The molecule has 0 aliphatic carbocycles. The molecule has 8 nitrogen and oxygen atoms in total. The fraction of sp³-hybridized carbons (Fsp3) is 0.261. The van der Waals surface area contributed by atoms with Gasteiger partial charge in [-0.25, -0.2) is 9.67 Å². The number of hydrogen-bond acceptors (Lipinski definition) is 5. The van der Waals surface area contributed by atoms with E-state index in [9.17, 15) is 10.1 Å². The summed E-state index contributed by atoms with van der Waals surface area (Å²) in [7, 11) is 1.85. The van der Waals surface area contributed by atoms with Gasteiger partial charge in [0, 0.05) is 18.1 Å². The van der Waals surface area contributed by atoms with Crippen LogP contribution in [0.1, 0.15) is 52.6 Å². The number of carbonyl (C=O) groups is 1. The van der Waals surface area contributed by atoms with Gasteiger partial charge in [0.2, 0.25) is 0 Å². The standard InChI is InChI=1S/C23H23N7O/c1-13(2)21-19(9-24)14(3)15(4)22(28-21)23(31)27-17-7-6-16-10-26-30(20(16)8-17)18-11-25-29(5)12-18/h6-8,10-13H,1-5H3,(H,27,31). The van der Waals surface area contributed by atoms with E-state index < -0.39 is 0 Å². The van der Waals surface area contributed by atoms with E-state index in [0.717, 1.165) is 22.2 Å². The third-order valence-corrected chi connectivity index (χ3v) is 5.42. The summed E-state index contributed by atoms with van der Waals surface area (Å²) in [6.07, 6.45) is 5.38. The van der Waals surface area contributed by atoms with Crippen LogP contribution in [-0.2, 0) is 7.05 Å². The Morgan fingerprint density at radius 1 is 1.16 bits per heavy atom. The fourth-order valence-electron chi connectivity index (χ4n) is 3.61. The SMILES string of the molecule is Cc1c(C(=O)Nc2ccc3cnn(-c4cnn(C)c4)c3c2)nc(C(C)C)c(C#N)c1C. The molecule has 0 spiro atoms. The van der Waals surface area contributed by atoms with E-state index in [1.54, 1.807) is 21.8 Å². The number of benzene rings is 1. The Balaban J connectivity index is 1.72. The molecule has 4 aromatic rings. The highest BCUT2D eigenvalue weighted by Crippen LogP contribution is 2.26. The van der Waals surface area contributed by atoms with Gasteiger partial charge in [-0.05, 0) is 49.1 Å². The molecule has 0 aliphatic heterocycles. The molecule has 31 heavy (non-hydrogen) atoms. The summed E-state index contributed by atoms with van der Waals surface area (Å²) in [6, 6.07) is 7.86. The molecule has 0 atom stereocenters. The van der Waals surface area contributed by atoms with Crippen LogP contribution >= 0.6 is 0 Å². The number of fused-ring (bicyclic) bond motifs is 1. The van der Waals surface area contributed by atoms with E-state index in [2.05, 4.69) is 26.6 Å². The molecule has 0 saturated carbocycles. The minimum atomic E-state index is -0.307. The van der Waals surface area contributed by atoms with Crippen LogP contribution in [0.5, 0.6) is 0 Å². The monoisotopic (exact) mass is 413 g/mol. The summed E-state index contributed by atoms with van der Waals surface area (Å²) in [5.41, 5.74) is 5.35. The molecule has 0 radical (unpaired) electrons. The van der Waals surface area contributed by atoms with Crippen molar-refractivity contribution in [3.8, 4) is 11.8 Å². The molecule has 8 heteroatoms. The van der Waals surface area contributed by atoms with Crippen molar-refractivity contribution in [1.82, 2.24) is 24.5 Å². The van der Waals surface area contributed by atoms with Crippen LogP contribution in [0.25, 0.3) is 16.6 Å². The van der Waals surface area contributed by atoms with Gasteiger partial charge in [-0.3, -0.25) is 9.48 Å². The minimum absolute atomic E-state index is 0.0330. The first-order valence-electron chi connectivity index (χ1n) is 9.99. The Hall–Kier alpha value is -3.99. The van der Waals surface area contributed by atoms with Gasteiger partial charge in [0.25, 0.3) is 5.91 Å². The maximum absolute atomic E-state index is 13.1. The van der Waals surface area contributed by atoms with Gasteiger partial charge in [0.05, 0.1) is 35.4 Å². The highest BCUT2D eigenvalue weighted by molar-refractivity contribution is 6.05. The molecule has 0 saturated heterocycles. The van der Waals surface area contributed by atoms with Crippen molar-refractivity contribution in [2.45, 2.75) is 33.6 Å². The summed E-state index contributed by atoms with van der Waals surface area (Å²) >= 11 is 0. The zero-order chi connectivity index (χ0) is 22.3. The van der Waals surface area contributed by atoms with Crippen LogP contribution in [0.15, 0.2) is 36.8 Å². The molecule has 0 bridgehead atoms. The van der Waals surface area contributed by atoms with Gasteiger partial charge in [0.15, 0.2) is 0 Å². The zero-order valence-corrected chi connectivity index (χ0v) is 18.1. The number of aromatic nitrogens is 5. The highest BCUT2D eigenvalue weighted by atomic mass is 16.1. The average Bonchev–Trinajstić information content (AvgIpc) is 3.35. The van der Waals surface area contributed by atoms with E-state index in [1.807, 2.05) is 59.1 Å². The van der Waals surface area contributed by atoms with Gasteiger partial charge in [-0.2, -0.15) is 15.5 Å². The zero-order valence-electron chi connectivity index (χ0n) is 18.1. The van der Waals surface area contributed by atoms with Crippen LogP contribution in [0, 0.1) is 25.2 Å². The largest absolute Gasteiger partial charge is 0.321 e. The molecule has 0 aliphatic rings. The fourth-order valence-corrected chi connectivity index (χ4v) is 3.61. The van der Waals surface area contributed by atoms with E-state index in [-0.39, 0.29) is 11.8 Å². The molecule has 0 fully saturated rings. The summed E-state index contributed by atoms with van der Waals surface area (Å²) in [5, 5.41) is 22.1. The van der Waals surface area contributed by atoms with Gasteiger partial charge in [-0.1, -0.05) is 13.8 Å². The predicted molar refractivity (Wildman–Crippen MR) is 118 cm³/mol. The molecule has 3 aromatic heterocycles. The molecule has 156 valence electrons. The lowest BCUT2D eigenvalue weighted by molar-refractivity contribution is 0.102.